The van der Waals surface area contributed by atoms with Crippen LogP contribution in [0.15, 0.2) is 21.5 Å². The van der Waals surface area contributed by atoms with E-state index in [0.29, 0.717) is 6.61 Å². The summed E-state index contributed by atoms with van der Waals surface area (Å²) in [6.07, 6.45) is 7.50. The molecule has 23 heavy (non-hydrogen) atoms. The maximum absolute atomic E-state index is 7.01. The summed E-state index contributed by atoms with van der Waals surface area (Å²) in [5.41, 5.74) is -0.0634. The third-order valence-electron chi connectivity index (χ3n) is 3.71. The van der Waals surface area contributed by atoms with Gasteiger partial charge in [0, 0.05) is 0 Å². The standard InChI is InChI=1S/C5H5.C4H10N.C3H9OSi.C2H5O.CH3.2ClH.H2Si.Zr/c1-2-4-5-3-1;1-4(2,3)5;1-5(2,3)4;1-2-3;;;;;/h1-3H,4H2;5H,1-3H3;1-3H3;2H2,1H3;1H3;2*1H;1H2;/q;3*-1;;;;;+3. The summed E-state index contributed by atoms with van der Waals surface area (Å²) in [6, 6.07) is 0. The predicted octanol–water partition coefficient (Wildman–Crippen LogP) is 4.52. The first-order chi connectivity index (χ1) is 9.15. The van der Waals surface area contributed by atoms with Crippen molar-refractivity contribution >= 4 is 40.0 Å². The van der Waals surface area contributed by atoms with E-state index in [9.17, 15) is 0 Å². The fourth-order valence-electron chi connectivity index (χ4n) is 3.87. The van der Waals surface area contributed by atoms with Crippen LogP contribution in [0.2, 0.25) is 24.3 Å². The maximum atomic E-state index is 7.01. The molecule has 139 valence electrons. The Labute approximate surface area is 156 Å². The van der Waals surface area contributed by atoms with Crippen LogP contribution in [0.25, 0.3) is 0 Å². The molecule has 0 aromatic heterocycles. The second kappa shape index (κ2) is 7.48. The van der Waals surface area contributed by atoms with Gasteiger partial charge in [0.15, 0.2) is 0 Å². The van der Waals surface area contributed by atoms with Crippen molar-refractivity contribution in [2.75, 3.05) is 6.61 Å². The van der Waals surface area contributed by atoms with Gasteiger partial charge in [-0.05, 0) is 0 Å². The number of hydrogen-bond donors (Lipinski definition) is 1. The van der Waals surface area contributed by atoms with Crippen LogP contribution in [0.3, 0.4) is 0 Å². The zero-order valence-electron chi connectivity index (χ0n) is 16.0. The van der Waals surface area contributed by atoms with Crippen LogP contribution in [0, 0.1) is 0 Å². The molecule has 0 spiro atoms. The third-order valence-corrected chi connectivity index (χ3v) is 34.0. The average Bonchev–Trinajstić information content (AvgIpc) is 2.62. The Kier molecular flexibility index (Phi) is 8.61. The number of halogens is 2. The van der Waals surface area contributed by atoms with Gasteiger partial charge in [0.2, 0.25) is 0 Å². The summed E-state index contributed by atoms with van der Waals surface area (Å²) >= 11 is -4.67. The Morgan fingerprint density at radius 3 is 2.09 bits per heavy atom. The van der Waals surface area contributed by atoms with Crippen molar-refractivity contribution in [3.63, 3.8) is 0 Å². The van der Waals surface area contributed by atoms with Crippen LogP contribution in [0.4, 0.5) is 0 Å². The first-order valence-electron chi connectivity index (χ1n) is 7.93. The fraction of sp³-hybridized carbons (Fsp3) is 0.733. The minimum Gasteiger partial charge on any atom is -0.147 e. The number of nitrogens with one attached hydrogen (secondary N) is 1. The smallest absolute Gasteiger partial charge is 0.147 e. The summed E-state index contributed by atoms with van der Waals surface area (Å²) in [7, 11) is -1.80. The number of rotatable bonds is 6. The van der Waals surface area contributed by atoms with Gasteiger partial charge in [0.1, 0.15) is 0 Å². The molecule has 1 rings (SSSR count). The Morgan fingerprint density at radius 2 is 1.78 bits per heavy atom. The molecule has 1 aliphatic carbocycles. The average molecular weight is 481 g/mol. The molecule has 0 unspecified atom stereocenters. The van der Waals surface area contributed by atoms with Gasteiger partial charge in [0.25, 0.3) is 0 Å². The molecular formula is C15H36Cl2NO2Si2Zr. The van der Waals surface area contributed by atoms with E-state index in [1.54, 1.807) is 0 Å². The summed E-state index contributed by atoms with van der Waals surface area (Å²) in [4.78, 5) is 0. The normalized spacial score (nSPS) is 18.3. The number of hydrogen-bond acceptors (Lipinski definition) is 3. The zero-order chi connectivity index (χ0) is 16.6. The molecule has 0 aromatic carbocycles. The molecule has 8 heteroatoms. The molecule has 0 aromatic rings. The van der Waals surface area contributed by atoms with E-state index < -0.39 is 25.4 Å². The van der Waals surface area contributed by atoms with Gasteiger partial charge in [-0.2, -0.15) is 0 Å². The molecule has 1 N–H and O–H groups in total. The molecule has 3 nitrogen and oxygen atoms in total. The molecule has 0 bridgehead atoms. The van der Waals surface area contributed by atoms with Crippen molar-refractivity contribution in [2.24, 2.45) is 0 Å². The van der Waals surface area contributed by atoms with Gasteiger partial charge in [-0.25, -0.2) is 0 Å². The predicted molar refractivity (Wildman–Crippen MR) is 110 cm³/mol. The first-order valence-corrected chi connectivity index (χ1v) is 24.2. The second-order valence-corrected chi connectivity index (χ2v) is 41.9. The van der Waals surface area contributed by atoms with Gasteiger partial charge < -0.3 is 0 Å². The van der Waals surface area contributed by atoms with E-state index in [2.05, 4.69) is 73.5 Å². The van der Waals surface area contributed by atoms with Crippen LogP contribution >= 0.6 is 24.8 Å². The molecule has 0 atom stereocenters. The molecular weight excluding hydrogens is 444 g/mol. The van der Waals surface area contributed by atoms with Crippen molar-refractivity contribution in [3.8, 4) is 0 Å². The quantitative estimate of drug-likeness (QED) is 0.567. The van der Waals surface area contributed by atoms with E-state index >= 15 is 0 Å². The molecule has 1 aliphatic rings. The molecule has 0 aliphatic heterocycles. The monoisotopic (exact) mass is 478 g/mol. The van der Waals surface area contributed by atoms with E-state index in [-0.39, 0.29) is 30.4 Å². The molecule has 0 heterocycles. The van der Waals surface area contributed by atoms with Gasteiger partial charge in [-0.3, -0.25) is 0 Å². The summed E-state index contributed by atoms with van der Waals surface area (Å²) in [6.45, 7) is 18.1. The van der Waals surface area contributed by atoms with Crippen LogP contribution < -0.4 is 3.26 Å². The van der Waals surface area contributed by atoms with Crippen molar-refractivity contribution < 1.29 is 22.4 Å². The van der Waals surface area contributed by atoms with Crippen molar-refractivity contribution in [1.29, 1.82) is 0 Å². The van der Waals surface area contributed by atoms with Crippen LogP contribution in [0.5, 0.6) is 0 Å². The number of allylic oxidation sites excluding steroid dienone is 4. The Morgan fingerprint density at radius 1 is 1.26 bits per heavy atom. The van der Waals surface area contributed by atoms with Crippen LogP contribution in [0.1, 0.15) is 34.1 Å². The van der Waals surface area contributed by atoms with Crippen LogP contribution in [-0.2, 0) is 22.4 Å². The minimum atomic E-state index is -4.67. The van der Waals surface area contributed by atoms with E-state index in [4.69, 9.17) is 5.32 Å². The minimum absolute atomic E-state index is 0. The Balaban J connectivity index is 0. The molecule has 0 saturated heterocycles. The van der Waals surface area contributed by atoms with Crippen molar-refractivity contribution in [2.45, 2.75) is 63.9 Å². The molecule has 0 fully saturated rings. The second-order valence-electron chi connectivity index (χ2n) is 8.87. The van der Waals surface area contributed by atoms with Crippen molar-refractivity contribution in [1.82, 2.24) is 3.26 Å². The topological polar surface area (TPSA) is 30.5 Å². The largest absolute Gasteiger partial charge is 0.147 e. The molecule has 0 amide bonds. The summed E-state index contributed by atoms with van der Waals surface area (Å²) in [5.74, 6) is 0. The van der Waals surface area contributed by atoms with E-state index in [0.717, 1.165) is 6.42 Å². The van der Waals surface area contributed by atoms with Gasteiger partial charge in [-0.15, -0.1) is 24.8 Å². The van der Waals surface area contributed by atoms with E-state index in [1.807, 2.05) is 6.88 Å². The van der Waals surface area contributed by atoms with Gasteiger partial charge in [-0.1, -0.05) is 0 Å². The molecule has 0 saturated carbocycles. The fourth-order valence-corrected chi connectivity index (χ4v) is 47.5. The SMILES string of the molecule is CC[O][Zr]([CH3])(=[SiH2])([NH]C(C)(C)C)([O][Si](C)(C)C)[C]1=CC=CC1.Cl.Cl. The maximum Gasteiger partial charge on any atom is -0.147 e. The molecule has 0 radical (unpaired) electrons. The van der Waals surface area contributed by atoms with E-state index in [1.165, 1.54) is 3.28 Å². The van der Waals surface area contributed by atoms with Crippen molar-refractivity contribution in [3.05, 3.63) is 21.5 Å². The third kappa shape index (κ3) is 6.48. The van der Waals surface area contributed by atoms with Gasteiger partial charge in [0.05, 0.1) is 0 Å². The zero-order valence-corrected chi connectivity index (χ0v) is 22.5. The van der Waals surface area contributed by atoms with Gasteiger partial charge >= 0.3 is 133 Å². The Hall–Kier alpha value is 1.26. The summed E-state index contributed by atoms with van der Waals surface area (Å²) in [5, 5.41) is 0. The summed E-state index contributed by atoms with van der Waals surface area (Å²) < 4.78 is 21.2. The first kappa shape index (κ1) is 26.5. The van der Waals surface area contributed by atoms with Crippen LogP contribution in [-0.4, -0.2) is 27.3 Å². The Bertz CT molecular complexity index is 555.